The van der Waals surface area contributed by atoms with Gasteiger partial charge in [-0.1, -0.05) is 29.3 Å². The van der Waals surface area contributed by atoms with E-state index in [1.165, 1.54) is 0 Å². The third-order valence-electron chi connectivity index (χ3n) is 2.64. The molecule has 0 saturated carbocycles. The van der Waals surface area contributed by atoms with Crippen molar-refractivity contribution in [1.29, 1.82) is 0 Å². The zero-order valence-corrected chi connectivity index (χ0v) is 12.4. The van der Waals surface area contributed by atoms with Crippen LogP contribution in [0, 0.1) is 0 Å². The second-order valence-electron chi connectivity index (χ2n) is 4.27. The third kappa shape index (κ3) is 4.04. The molecular formula is C15H16BrNO2. The van der Waals surface area contributed by atoms with Crippen LogP contribution in [0.1, 0.15) is 24.6 Å². The minimum absolute atomic E-state index is 0.00404. The smallest absolute Gasteiger partial charge is 0.219 e. The first-order chi connectivity index (χ1) is 9.21. The van der Waals surface area contributed by atoms with Gasteiger partial charge in [-0.2, -0.15) is 0 Å². The van der Waals surface area contributed by atoms with Crippen molar-refractivity contribution in [3.05, 3.63) is 52.1 Å². The van der Waals surface area contributed by atoms with E-state index < -0.39 is 0 Å². The molecule has 0 radical (unpaired) electrons. The van der Waals surface area contributed by atoms with Gasteiger partial charge >= 0.3 is 0 Å². The number of benzene rings is 1. The van der Waals surface area contributed by atoms with Crippen molar-refractivity contribution in [1.82, 2.24) is 4.98 Å². The molecule has 100 valence electrons. The van der Waals surface area contributed by atoms with Crippen LogP contribution < -0.4 is 4.74 Å². The minimum atomic E-state index is -0.00404. The standard InChI is InChI=1S/C15H16BrNO2/c1-2-3-13-8-11(10-18)9-15(17-13)19-14-6-4-12(16)5-7-14/h4-9,18H,2-3,10H2,1H3. The van der Waals surface area contributed by atoms with Crippen LogP contribution in [0.5, 0.6) is 11.6 Å². The lowest BCUT2D eigenvalue weighted by Gasteiger charge is -2.08. The third-order valence-corrected chi connectivity index (χ3v) is 3.17. The number of pyridine rings is 1. The Morgan fingerprint density at radius 3 is 2.58 bits per heavy atom. The van der Waals surface area contributed by atoms with Crippen molar-refractivity contribution in [2.45, 2.75) is 26.4 Å². The Hall–Kier alpha value is -1.39. The number of nitrogens with zero attached hydrogens (tertiary/aromatic N) is 1. The zero-order valence-electron chi connectivity index (χ0n) is 10.8. The average Bonchev–Trinajstić information content (AvgIpc) is 2.41. The minimum Gasteiger partial charge on any atom is -0.439 e. The van der Waals surface area contributed by atoms with Crippen molar-refractivity contribution in [2.24, 2.45) is 0 Å². The predicted octanol–water partition coefficient (Wildman–Crippen LogP) is 4.08. The van der Waals surface area contributed by atoms with Gasteiger partial charge in [-0.3, -0.25) is 0 Å². The second-order valence-corrected chi connectivity index (χ2v) is 5.18. The quantitative estimate of drug-likeness (QED) is 0.902. The van der Waals surface area contributed by atoms with Gasteiger partial charge in [0.25, 0.3) is 0 Å². The summed E-state index contributed by atoms with van der Waals surface area (Å²) in [5, 5.41) is 9.27. The van der Waals surface area contributed by atoms with Crippen LogP contribution in [0.2, 0.25) is 0 Å². The predicted molar refractivity (Wildman–Crippen MR) is 78.4 cm³/mol. The maximum absolute atomic E-state index is 9.27. The molecule has 3 nitrogen and oxygen atoms in total. The Balaban J connectivity index is 2.23. The Morgan fingerprint density at radius 2 is 1.95 bits per heavy atom. The molecule has 1 N–H and O–H groups in total. The van der Waals surface area contributed by atoms with E-state index in [0.29, 0.717) is 5.88 Å². The Bertz CT molecular complexity index is 540. The lowest BCUT2D eigenvalue weighted by atomic mass is 10.2. The van der Waals surface area contributed by atoms with Gasteiger partial charge in [-0.25, -0.2) is 4.98 Å². The molecule has 0 unspecified atom stereocenters. The largest absolute Gasteiger partial charge is 0.439 e. The average molecular weight is 322 g/mol. The molecule has 1 aromatic carbocycles. The molecule has 0 atom stereocenters. The fraction of sp³-hybridized carbons (Fsp3) is 0.267. The zero-order chi connectivity index (χ0) is 13.7. The first kappa shape index (κ1) is 14.0. The van der Waals surface area contributed by atoms with E-state index in [2.05, 4.69) is 27.8 Å². The van der Waals surface area contributed by atoms with Gasteiger partial charge in [0, 0.05) is 16.2 Å². The number of halogens is 1. The van der Waals surface area contributed by atoms with Crippen molar-refractivity contribution >= 4 is 15.9 Å². The highest BCUT2D eigenvalue weighted by Gasteiger charge is 2.04. The lowest BCUT2D eigenvalue weighted by molar-refractivity contribution is 0.280. The summed E-state index contributed by atoms with van der Waals surface area (Å²) in [4.78, 5) is 4.44. The van der Waals surface area contributed by atoms with Crippen molar-refractivity contribution in [3.63, 3.8) is 0 Å². The number of aliphatic hydroxyl groups is 1. The van der Waals surface area contributed by atoms with E-state index in [4.69, 9.17) is 4.74 Å². The summed E-state index contributed by atoms with van der Waals surface area (Å²) in [6.45, 7) is 2.10. The highest BCUT2D eigenvalue weighted by molar-refractivity contribution is 9.10. The van der Waals surface area contributed by atoms with Crippen LogP contribution in [0.3, 0.4) is 0 Å². The van der Waals surface area contributed by atoms with Crippen molar-refractivity contribution < 1.29 is 9.84 Å². The summed E-state index contributed by atoms with van der Waals surface area (Å²) in [7, 11) is 0. The van der Waals surface area contributed by atoms with E-state index >= 15 is 0 Å². The van der Waals surface area contributed by atoms with Gasteiger partial charge in [-0.05, 0) is 42.3 Å². The Kier molecular flexibility index (Phi) is 4.93. The van der Waals surface area contributed by atoms with Crippen molar-refractivity contribution in [3.8, 4) is 11.6 Å². The van der Waals surface area contributed by atoms with E-state index in [9.17, 15) is 5.11 Å². The molecule has 2 aromatic rings. The molecule has 0 aliphatic heterocycles. The van der Waals surface area contributed by atoms with Crippen LogP contribution in [-0.4, -0.2) is 10.1 Å². The number of aliphatic hydroxyl groups excluding tert-OH is 1. The van der Waals surface area contributed by atoms with E-state index in [-0.39, 0.29) is 6.61 Å². The SMILES string of the molecule is CCCc1cc(CO)cc(Oc2ccc(Br)cc2)n1. The molecule has 1 aromatic heterocycles. The van der Waals surface area contributed by atoms with E-state index in [1.54, 1.807) is 6.07 Å². The normalized spacial score (nSPS) is 10.5. The highest BCUT2D eigenvalue weighted by Crippen LogP contribution is 2.23. The first-order valence-corrected chi connectivity index (χ1v) is 7.04. The second kappa shape index (κ2) is 6.68. The summed E-state index contributed by atoms with van der Waals surface area (Å²) >= 11 is 3.38. The summed E-state index contributed by atoms with van der Waals surface area (Å²) in [5.41, 5.74) is 1.77. The topological polar surface area (TPSA) is 42.4 Å². The van der Waals surface area contributed by atoms with Gasteiger partial charge in [0.2, 0.25) is 5.88 Å². The fourth-order valence-corrected chi connectivity index (χ4v) is 2.04. The lowest BCUT2D eigenvalue weighted by Crippen LogP contribution is -1.97. The summed E-state index contributed by atoms with van der Waals surface area (Å²) in [5.74, 6) is 1.26. The van der Waals surface area contributed by atoms with Gasteiger partial charge < -0.3 is 9.84 Å². The van der Waals surface area contributed by atoms with Crippen LogP contribution in [0.25, 0.3) is 0 Å². The molecule has 19 heavy (non-hydrogen) atoms. The number of aromatic nitrogens is 1. The molecule has 0 bridgehead atoms. The van der Waals surface area contributed by atoms with Crippen molar-refractivity contribution in [2.75, 3.05) is 0 Å². The molecule has 0 spiro atoms. The number of rotatable bonds is 5. The number of hydrogen-bond acceptors (Lipinski definition) is 3. The highest BCUT2D eigenvalue weighted by atomic mass is 79.9. The van der Waals surface area contributed by atoms with Crippen LogP contribution in [0.15, 0.2) is 40.9 Å². The van der Waals surface area contributed by atoms with Gasteiger partial charge in [0.15, 0.2) is 0 Å². The van der Waals surface area contributed by atoms with Gasteiger partial charge in [-0.15, -0.1) is 0 Å². The maximum Gasteiger partial charge on any atom is 0.219 e. The molecule has 0 saturated heterocycles. The van der Waals surface area contributed by atoms with E-state index in [0.717, 1.165) is 34.3 Å². The number of hydrogen-bond donors (Lipinski definition) is 1. The number of ether oxygens (including phenoxy) is 1. The molecule has 2 rings (SSSR count). The maximum atomic E-state index is 9.27. The Morgan fingerprint density at radius 1 is 1.21 bits per heavy atom. The molecule has 0 amide bonds. The van der Waals surface area contributed by atoms with Gasteiger partial charge in [0.05, 0.1) is 6.61 Å². The van der Waals surface area contributed by atoms with Crippen LogP contribution in [-0.2, 0) is 13.0 Å². The first-order valence-electron chi connectivity index (χ1n) is 6.25. The summed E-state index contributed by atoms with van der Waals surface area (Å²) < 4.78 is 6.72. The number of aryl methyl sites for hydroxylation is 1. The molecular weight excluding hydrogens is 306 g/mol. The molecule has 0 aliphatic carbocycles. The van der Waals surface area contributed by atoms with E-state index in [1.807, 2.05) is 30.3 Å². The Labute approximate surface area is 121 Å². The van der Waals surface area contributed by atoms with Crippen LogP contribution in [0.4, 0.5) is 0 Å². The summed E-state index contributed by atoms with van der Waals surface area (Å²) in [6.07, 6.45) is 1.89. The van der Waals surface area contributed by atoms with Crippen LogP contribution >= 0.6 is 15.9 Å². The molecule has 1 heterocycles. The van der Waals surface area contributed by atoms with Gasteiger partial charge in [0.1, 0.15) is 5.75 Å². The molecule has 0 fully saturated rings. The summed E-state index contributed by atoms with van der Waals surface area (Å²) in [6, 6.07) is 11.3. The fourth-order valence-electron chi connectivity index (χ4n) is 1.77. The molecule has 0 aliphatic rings. The molecule has 4 heteroatoms. The monoisotopic (exact) mass is 321 g/mol.